The van der Waals surface area contributed by atoms with Crippen LogP contribution in [0.5, 0.6) is 0 Å². The molecule has 1 aromatic carbocycles. The number of carboxylic acid groups (broad SMARTS) is 1. The van der Waals surface area contributed by atoms with E-state index in [1.165, 1.54) is 19.1 Å². The molecule has 0 bridgehead atoms. The van der Waals surface area contributed by atoms with Crippen molar-refractivity contribution in [1.82, 2.24) is 4.68 Å². The monoisotopic (exact) mass is 264 g/mol. The Bertz CT molecular complexity index is 722. The van der Waals surface area contributed by atoms with E-state index in [0.717, 1.165) is 10.7 Å². The molecule has 19 heavy (non-hydrogen) atoms. The van der Waals surface area contributed by atoms with Crippen LogP contribution in [0.25, 0.3) is 10.8 Å². The van der Waals surface area contributed by atoms with Gasteiger partial charge in [-0.1, -0.05) is 12.1 Å². The minimum atomic E-state index is -1.19. The van der Waals surface area contributed by atoms with Crippen molar-refractivity contribution >= 4 is 16.7 Å². The third kappa shape index (κ3) is 1.95. The van der Waals surface area contributed by atoms with Crippen LogP contribution in [-0.2, 0) is 0 Å². The van der Waals surface area contributed by atoms with E-state index in [2.05, 4.69) is 5.43 Å². The highest BCUT2D eigenvalue weighted by molar-refractivity contribution is 6.04. The summed E-state index contributed by atoms with van der Waals surface area (Å²) in [6, 6.07) is 3.97. The number of nitrogens with one attached hydrogen (secondary N) is 1. The van der Waals surface area contributed by atoms with Gasteiger partial charge in [0.1, 0.15) is 5.82 Å². The highest BCUT2D eigenvalue weighted by Crippen LogP contribution is 2.21. The van der Waals surface area contributed by atoms with Gasteiger partial charge in [0.2, 0.25) is 0 Å². The van der Waals surface area contributed by atoms with Gasteiger partial charge in [0.15, 0.2) is 0 Å². The molecule has 0 amide bonds. The molecule has 1 aromatic heterocycles. The maximum atomic E-state index is 13.8. The minimum absolute atomic E-state index is 0.0740. The zero-order valence-corrected chi connectivity index (χ0v) is 10.5. The summed E-state index contributed by atoms with van der Waals surface area (Å²) in [7, 11) is 0. The number of aromatic nitrogens is 1. The molecule has 0 aliphatic carbocycles. The number of aromatic carboxylic acids is 1. The largest absolute Gasteiger partial charge is 0.478 e. The van der Waals surface area contributed by atoms with Crippen molar-refractivity contribution in [2.75, 3.05) is 12.0 Å². The lowest BCUT2D eigenvalue weighted by molar-refractivity contribution is 0.0697. The maximum Gasteiger partial charge on any atom is 0.338 e. The highest BCUT2D eigenvalue weighted by Gasteiger charge is 2.20. The lowest BCUT2D eigenvalue weighted by atomic mass is 10.0. The summed E-state index contributed by atoms with van der Waals surface area (Å²) in [4.78, 5) is 23.6. The third-order valence-corrected chi connectivity index (χ3v) is 2.93. The number of rotatable bonds is 3. The second kappa shape index (κ2) is 4.72. The van der Waals surface area contributed by atoms with Gasteiger partial charge < -0.3 is 10.5 Å². The van der Waals surface area contributed by atoms with Gasteiger partial charge in [-0.15, -0.1) is 0 Å². The normalized spacial score (nSPS) is 10.7. The molecule has 0 saturated heterocycles. The van der Waals surface area contributed by atoms with E-state index in [0.29, 0.717) is 6.54 Å². The molecule has 0 saturated carbocycles. The maximum absolute atomic E-state index is 13.8. The van der Waals surface area contributed by atoms with E-state index in [1.807, 2.05) is 0 Å². The van der Waals surface area contributed by atoms with Gasteiger partial charge in [-0.3, -0.25) is 4.79 Å². The van der Waals surface area contributed by atoms with Crippen LogP contribution in [0, 0.1) is 12.7 Å². The Morgan fingerprint density at radius 1 is 1.47 bits per heavy atom. The Hall–Kier alpha value is -2.37. The highest BCUT2D eigenvalue weighted by atomic mass is 19.1. The SMILES string of the molecule is CCNn1c(C)c(C(=O)O)c2cccc(F)c2c1=O. The first-order valence-electron chi connectivity index (χ1n) is 5.80. The number of carbonyl (C=O) groups is 1. The molecule has 1 heterocycles. The number of hydrogen-bond acceptors (Lipinski definition) is 3. The van der Waals surface area contributed by atoms with Crippen molar-refractivity contribution in [3.63, 3.8) is 0 Å². The second-order valence-electron chi connectivity index (χ2n) is 4.08. The topological polar surface area (TPSA) is 71.3 Å². The smallest absolute Gasteiger partial charge is 0.338 e. The molecule has 6 heteroatoms. The van der Waals surface area contributed by atoms with E-state index in [4.69, 9.17) is 0 Å². The summed E-state index contributed by atoms with van der Waals surface area (Å²) in [6.07, 6.45) is 0. The van der Waals surface area contributed by atoms with Crippen LogP contribution in [0.4, 0.5) is 4.39 Å². The fourth-order valence-electron chi connectivity index (χ4n) is 2.14. The van der Waals surface area contributed by atoms with E-state index in [9.17, 15) is 19.1 Å². The molecule has 0 atom stereocenters. The van der Waals surface area contributed by atoms with Crippen molar-refractivity contribution in [3.8, 4) is 0 Å². The summed E-state index contributed by atoms with van der Waals surface area (Å²) in [6.45, 7) is 3.69. The Morgan fingerprint density at radius 2 is 2.16 bits per heavy atom. The fourth-order valence-corrected chi connectivity index (χ4v) is 2.14. The Labute approximate surface area is 108 Å². The number of hydrogen-bond donors (Lipinski definition) is 2. The van der Waals surface area contributed by atoms with Gasteiger partial charge in [-0.2, -0.15) is 0 Å². The lowest BCUT2D eigenvalue weighted by Gasteiger charge is -2.15. The summed E-state index contributed by atoms with van der Waals surface area (Å²) in [5.41, 5.74) is 2.32. The Balaban J connectivity index is 3.04. The van der Waals surface area contributed by atoms with Crippen molar-refractivity contribution < 1.29 is 14.3 Å². The molecule has 0 aliphatic rings. The fraction of sp³-hybridized carbons (Fsp3) is 0.231. The summed E-state index contributed by atoms with van der Waals surface area (Å²) in [5, 5.41) is 9.17. The zero-order chi connectivity index (χ0) is 14.2. The van der Waals surface area contributed by atoms with Gasteiger partial charge in [0.25, 0.3) is 5.56 Å². The first-order valence-corrected chi connectivity index (χ1v) is 5.80. The predicted octanol–water partition coefficient (Wildman–Crippen LogP) is 1.71. The van der Waals surface area contributed by atoms with Crippen LogP contribution >= 0.6 is 0 Å². The Morgan fingerprint density at radius 3 is 2.74 bits per heavy atom. The standard InChI is InChI=1S/C13H13FN2O3/c1-3-15-16-7(2)10(13(18)19)8-5-4-6-9(14)11(8)12(16)17/h4-6,15H,3H2,1-2H3,(H,18,19). The number of fused-ring (bicyclic) bond motifs is 1. The molecule has 0 spiro atoms. The van der Waals surface area contributed by atoms with Crippen LogP contribution in [-0.4, -0.2) is 22.3 Å². The number of halogens is 1. The van der Waals surface area contributed by atoms with Gasteiger partial charge in [-0.05, 0) is 19.9 Å². The molecule has 100 valence electrons. The van der Waals surface area contributed by atoms with Crippen molar-refractivity contribution in [3.05, 3.63) is 45.6 Å². The minimum Gasteiger partial charge on any atom is -0.478 e. The quantitative estimate of drug-likeness (QED) is 0.885. The summed E-state index contributed by atoms with van der Waals surface area (Å²) >= 11 is 0. The number of pyridine rings is 1. The summed E-state index contributed by atoms with van der Waals surface area (Å²) < 4.78 is 14.9. The molecule has 2 aromatic rings. The molecule has 0 radical (unpaired) electrons. The van der Waals surface area contributed by atoms with Crippen molar-refractivity contribution in [2.24, 2.45) is 0 Å². The molecule has 2 N–H and O–H groups in total. The predicted molar refractivity (Wildman–Crippen MR) is 69.8 cm³/mol. The Kier molecular flexibility index (Phi) is 3.25. The molecule has 0 aliphatic heterocycles. The zero-order valence-electron chi connectivity index (χ0n) is 10.5. The molecule has 2 rings (SSSR count). The van der Waals surface area contributed by atoms with E-state index in [1.54, 1.807) is 6.92 Å². The van der Waals surface area contributed by atoms with Gasteiger partial charge in [0, 0.05) is 11.9 Å². The molecule has 0 unspecified atom stereocenters. The number of nitrogens with zero attached hydrogens (tertiary/aromatic N) is 1. The first kappa shape index (κ1) is 13.1. The summed E-state index contributed by atoms with van der Waals surface area (Å²) in [5.74, 6) is -1.92. The van der Waals surface area contributed by atoms with Gasteiger partial charge in [0.05, 0.1) is 16.6 Å². The molecule has 0 fully saturated rings. The number of carboxylic acids is 1. The average Bonchev–Trinajstić information content (AvgIpc) is 2.34. The first-order chi connectivity index (χ1) is 8.99. The molecular formula is C13H13FN2O3. The van der Waals surface area contributed by atoms with Crippen molar-refractivity contribution in [1.29, 1.82) is 0 Å². The van der Waals surface area contributed by atoms with Crippen LogP contribution in [0.15, 0.2) is 23.0 Å². The van der Waals surface area contributed by atoms with Crippen LogP contribution in [0.3, 0.4) is 0 Å². The van der Waals surface area contributed by atoms with Crippen LogP contribution < -0.4 is 11.0 Å². The average molecular weight is 264 g/mol. The third-order valence-electron chi connectivity index (χ3n) is 2.93. The van der Waals surface area contributed by atoms with E-state index >= 15 is 0 Å². The molecular weight excluding hydrogens is 251 g/mol. The van der Waals surface area contributed by atoms with Crippen molar-refractivity contribution in [2.45, 2.75) is 13.8 Å². The second-order valence-corrected chi connectivity index (χ2v) is 4.08. The van der Waals surface area contributed by atoms with Crippen LogP contribution in [0.1, 0.15) is 23.0 Å². The van der Waals surface area contributed by atoms with E-state index < -0.39 is 17.3 Å². The van der Waals surface area contributed by atoms with Gasteiger partial charge in [-0.25, -0.2) is 13.9 Å². The van der Waals surface area contributed by atoms with Crippen LogP contribution in [0.2, 0.25) is 0 Å². The van der Waals surface area contributed by atoms with E-state index in [-0.39, 0.29) is 22.0 Å². The molecule has 5 nitrogen and oxygen atoms in total. The lowest BCUT2D eigenvalue weighted by Crippen LogP contribution is -2.33. The van der Waals surface area contributed by atoms with Gasteiger partial charge >= 0.3 is 5.97 Å². The number of benzene rings is 1.